The van der Waals surface area contributed by atoms with Crippen LogP contribution in [0.3, 0.4) is 0 Å². The third kappa shape index (κ3) is 3.54. The van der Waals surface area contributed by atoms with Gasteiger partial charge in [0.2, 0.25) is 0 Å². The van der Waals surface area contributed by atoms with Crippen molar-refractivity contribution in [2.24, 2.45) is 0 Å². The number of nitrogens with one attached hydrogen (secondary N) is 1. The highest BCUT2D eigenvalue weighted by Gasteiger charge is 2.21. The van der Waals surface area contributed by atoms with Gasteiger partial charge in [-0.3, -0.25) is 0 Å². The normalized spacial score (nSPS) is 11.8. The Hall–Kier alpha value is -2.47. The Morgan fingerprint density at radius 3 is 2.38 bits per heavy atom. The van der Waals surface area contributed by atoms with Crippen molar-refractivity contribution in [2.75, 3.05) is 12.4 Å². The smallest absolute Gasteiger partial charge is 0.178 e. The average Bonchev–Trinajstić information content (AvgIpc) is 2.98. The first kappa shape index (κ1) is 16.4. The van der Waals surface area contributed by atoms with Crippen LogP contribution in [-0.4, -0.2) is 26.9 Å². The highest BCUT2D eigenvalue weighted by molar-refractivity contribution is 5.45. The molecule has 0 bridgehead atoms. The molecule has 3 aromatic rings. The average molecular weight is 325 g/mol. The fourth-order valence-electron chi connectivity index (χ4n) is 2.46. The van der Waals surface area contributed by atoms with Gasteiger partial charge in [0.15, 0.2) is 11.5 Å². The second kappa shape index (κ2) is 6.57. The van der Waals surface area contributed by atoms with Crippen molar-refractivity contribution in [3.63, 3.8) is 0 Å². The Morgan fingerprint density at radius 1 is 1.00 bits per heavy atom. The molecule has 1 N–H and O–H groups in total. The molecule has 2 heterocycles. The second-order valence-corrected chi connectivity index (χ2v) is 6.87. The van der Waals surface area contributed by atoms with Crippen LogP contribution in [0.4, 0.5) is 5.82 Å². The van der Waals surface area contributed by atoms with Gasteiger partial charge in [-0.25, -0.2) is 0 Å². The predicted molar refractivity (Wildman–Crippen MR) is 94.0 cm³/mol. The number of nitrogens with zero attached hydrogens (tertiary/aromatic N) is 4. The molecule has 0 aliphatic carbocycles. The van der Waals surface area contributed by atoms with Gasteiger partial charge in [-0.15, -0.1) is 15.3 Å². The lowest BCUT2D eigenvalue weighted by atomic mass is 9.96. The monoisotopic (exact) mass is 325 g/mol. The summed E-state index contributed by atoms with van der Waals surface area (Å²) in [6.45, 7) is 7.65. The lowest BCUT2D eigenvalue weighted by Gasteiger charge is -2.15. The van der Waals surface area contributed by atoms with Crippen LogP contribution >= 0.6 is 0 Å². The number of methoxy groups -OCH3 is 1. The topological polar surface area (TPSA) is 64.3 Å². The highest BCUT2D eigenvalue weighted by atomic mass is 16.5. The molecule has 0 spiro atoms. The number of benzene rings is 1. The number of ether oxygens (including phenoxy) is 1. The van der Waals surface area contributed by atoms with Crippen molar-refractivity contribution < 1.29 is 4.74 Å². The summed E-state index contributed by atoms with van der Waals surface area (Å²) in [5, 5.41) is 16.4. The van der Waals surface area contributed by atoms with Crippen LogP contribution < -0.4 is 5.32 Å². The number of hydrogen-bond acceptors (Lipinski definition) is 5. The zero-order valence-electron chi connectivity index (χ0n) is 14.6. The third-order valence-corrected chi connectivity index (χ3v) is 3.74. The zero-order chi connectivity index (χ0) is 17.2. The Balaban J connectivity index is 1.75. The molecular formula is C18H23N5O. The first-order valence-corrected chi connectivity index (χ1v) is 8.01. The second-order valence-electron chi connectivity index (χ2n) is 6.87. The van der Waals surface area contributed by atoms with Gasteiger partial charge in [0.05, 0.1) is 6.61 Å². The summed E-state index contributed by atoms with van der Waals surface area (Å²) in [7, 11) is 1.70. The van der Waals surface area contributed by atoms with Gasteiger partial charge in [0, 0.05) is 19.1 Å². The SMILES string of the molecule is COCc1ccc(CNc2ccc3nnc(C(C)(C)C)n3n2)cc1. The molecule has 0 saturated heterocycles. The minimum Gasteiger partial charge on any atom is -0.380 e. The molecule has 0 atom stereocenters. The van der Waals surface area contributed by atoms with E-state index in [0.29, 0.717) is 13.2 Å². The number of hydrogen-bond donors (Lipinski definition) is 1. The number of fused-ring (bicyclic) bond motifs is 1. The molecule has 1 aromatic carbocycles. The van der Waals surface area contributed by atoms with Crippen molar-refractivity contribution >= 4 is 11.5 Å². The molecule has 2 aromatic heterocycles. The lowest BCUT2D eigenvalue weighted by Crippen LogP contribution is -2.17. The molecular weight excluding hydrogens is 302 g/mol. The van der Waals surface area contributed by atoms with Crippen LogP contribution in [0.1, 0.15) is 37.7 Å². The Morgan fingerprint density at radius 2 is 1.71 bits per heavy atom. The molecule has 0 amide bonds. The highest BCUT2D eigenvalue weighted by Crippen LogP contribution is 2.20. The molecule has 3 rings (SSSR count). The molecule has 0 unspecified atom stereocenters. The molecule has 126 valence electrons. The fourth-order valence-corrected chi connectivity index (χ4v) is 2.46. The van der Waals surface area contributed by atoms with E-state index in [1.54, 1.807) is 7.11 Å². The summed E-state index contributed by atoms with van der Waals surface area (Å²) in [5.74, 6) is 1.65. The van der Waals surface area contributed by atoms with Gasteiger partial charge < -0.3 is 10.1 Å². The summed E-state index contributed by atoms with van der Waals surface area (Å²) < 4.78 is 6.94. The van der Waals surface area contributed by atoms with Crippen molar-refractivity contribution in [3.05, 3.63) is 53.3 Å². The summed E-state index contributed by atoms with van der Waals surface area (Å²) in [5.41, 5.74) is 3.01. The van der Waals surface area contributed by atoms with Gasteiger partial charge in [-0.05, 0) is 23.3 Å². The number of rotatable bonds is 5. The van der Waals surface area contributed by atoms with Crippen molar-refractivity contribution in [2.45, 2.75) is 39.3 Å². The molecule has 0 aliphatic rings. The van der Waals surface area contributed by atoms with Crippen molar-refractivity contribution in [1.29, 1.82) is 0 Å². The van der Waals surface area contributed by atoms with Gasteiger partial charge in [-0.2, -0.15) is 4.52 Å². The number of aromatic nitrogens is 4. The van der Waals surface area contributed by atoms with E-state index < -0.39 is 0 Å². The minimum atomic E-state index is -0.109. The molecule has 6 nitrogen and oxygen atoms in total. The van der Waals surface area contributed by atoms with E-state index in [9.17, 15) is 0 Å². The number of anilines is 1. The lowest BCUT2D eigenvalue weighted by molar-refractivity contribution is 0.185. The Kier molecular flexibility index (Phi) is 4.49. The summed E-state index contributed by atoms with van der Waals surface area (Å²) in [4.78, 5) is 0. The van der Waals surface area contributed by atoms with Gasteiger partial charge in [0.1, 0.15) is 5.82 Å². The van der Waals surface area contributed by atoms with Crippen LogP contribution in [0.2, 0.25) is 0 Å². The Labute approximate surface area is 141 Å². The zero-order valence-corrected chi connectivity index (χ0v) is 14.6. The first-order valence-electron chi connectivity index (χ1n) is 8.01. The van der Waals surface area contributed by atoms with Crippen LogP contribution in [0.25, 0.3) is 5.65 Å². The maximum atomic E-state index is 5.13. The van der Waals surface area contributed by atoms with E-state index in [2.05, 4.69) is 65.6 Å². The fraction of sp³-hybridized carbons (Fsp3) is 0.389. The largest absolute Gasteiger partial charge is 0.380 e. The molecule has 24 heavy (non-hydrogen) atoms. The van der Waals surface area contributed by atoms with E-state index in [0.717, 1.165) is 17.3 Å². The minimum absolute atomic E-state index is 0.109. The van der Waals surface area contributed by atoms with Gasteiger partial charge in [-0.1, -0.05) is 45.0 Å². The maximum Gasteiger partial charge on any atom is 0.178 e. The van der Waals surface area contributed by atoms with Gasteiger partial charge in [0.25, 0.3) is 0 Å². The summed E-state index contributed by atoms with van der Waals surface area (Å²) in [6.07, 6.45) is 0. The summed E-state index contributed by atoms with van der Waals surface area (Å²) >= 11 is 0. The Bertz CT molecular complexity index is 818. The van der Waals surface area contributed by atoms with Crippen LogP contribution in [0, 0.1) is 0 Å². The molecule has 0 fully saturated rings. The standard InChI is InChI=1S/C18H23N5O/c1-18(2,3)17-21-20-16-10-9-15(22-23(16)17)19-11-13-5-7-14(8-6-13)12-24-4/h5-10H,11-12H2,1-4H3,(H,19,22). The van der Waals surface area contributed by atoms with E-state index in [1.165, 1.54) is 11.1 Å². The third-order valence-electron chi connectivity index (χ3n) is 3.74. The van der Waals surface area contributed by atoms with Gasteiger partial charge >= 0.3 is 0 Å². The maximum absolute atomic E-state index is 5.13. The van der Waals surface area contributed by atoms with Crippen molar-refractivity contribution in [1.82, 2.24) is 19.8 Å². The first-order chi connectivity index (χ1) is 11.5. The summed E-state index contributed by atoms with van der Waals surface area (Å²) in [6, 6.07) is 12.2. The van der Waals surface area contributed by atoms with Crippen LogP contribution in [0.15, 0.2) is 36.4 Å². The quantitative estimate of drug-likeness (QED) is 0.780. The molecule has 6 heteroatoms. The van der Waals surface area contributed by atoms with E-state index in [1.807, 2.05) is 16.6 Å². The van der Waals surface area contributed by atoms with E-state index in [-0.39, 0.29) is 5.41 Å². The predicted octanol–water partition coefficient (Wildman–Crippen LogP) is 3.18. The molecule has 0 aliphatic heterocycles. The van der Waals surface area contributed by atoms with Crippen LogP contribution in [-0.2, 0) is 23.3 Å². The van der Waals surface area contributed by atoms with Crippen molar-refractivity contribution in [3.8, 4) is 0 Å². The molecule has 0 radical (unpaired) electrons. The van der Waals surface area contributed by atoms with E-state index >= 15 is 0 Å². The molecule has 0 saturated carbocycles. The van der Waals surface area contributed by atoms with E-state index in [4.69, 9.17) is 4.74 Å². The van der Waals surface area contributed by atoms with Crippen LogP contribution in [0.5, 0.6) is 0 Å².